The molecule has 0 bridgehead atoms. The van der Waals surface area contributed by atoms with E-state index >= 15 is 0 Å². The summed E-state index contributed by atoms with van der Waals surface area (Å²) in [6.45, 7) is 3.36. The minimum absolute atomic E-state index is 0.0388. The van der Waals surface area contributed by atoms with E-state index in [9.17, 15) is 4.79 Å². The van der Waals surface area contributed by atoms with Crippen molar-refractivity contribution in [2.75, 3.05) is 33.3 Å². The van der Waals surface area contributed by atoms with E-state index in [1.807, 2.05) is 23.1 Å². The monoisotopic (exact) mass is 312 g/mol. The molecule has 98 valence electrons. The summed E-state index contributed by atoms with van der Waals surface area (Å²) in [4.78, 5) is 14.4. The third-order valence-electron chi connectivity index (χ3n) is 3.02. The Kier molecular flexibility index (Phi) is 4.60. The standard InChI is InChI=1S/C13H17BrN2O2/c1-18-12-4-3-10(14)9-11(12)13(17)16-7-2-5-15-6-8-16/h3-4,9,15H,2,5-8H2,1H3. The number of nitrogens with one attached hydrogen (secondary N) is 1. The van der Waals surface area contributed by atoms with E-state index in [0.29, 0.717) is 11.3 Å². The van der Waals surface area contributed by atoms with Gasteiger partial charge in [0.2, 0.25) is 0 Å². The lowest BCUT2D eigenvalue weighted by atomic mass is 10.1. The first-order chi connectivity index (χ1) is 8.72. The van der Waals surface area contributed by atoms with Crippen molar-refractivity contribution >= 4 is 21.8 Å². The normalized spacial score (nSPS) is 16.2. The molecule has 2 rings (SSSR count). The lowest BCUT2D eigenvalue weighted by molar-refractivity contribution is 0.0763. The third kappa shape index (κ3) is 3.03. The van der Waals surface area contributed by atoms with Crippen LogP contribution in [0.15, 0.2) is 22.7 Å². The van der Waals surface area contributed by atoms with Crippen LogP contribution < -0.4 is 10.1 Å². The molecule has 18 heavy (non-hydrogen) atoms. The fourth-order valence-corrected chi connectivity index (χ4v) is 2.43. The van der Waals surface area contributed by atoms with Crippen LogP contribution >= 0.6 is 15.9 Å². The molecule has 1 aromatic carbocycles. The van der Waals surface area contributed by atoms with Crippen molar-refractivity contribution in [2.24, 2.45) is 0 Å². The van der Waals surface area contributed by atoms with Crippen LogP contribution in [0.1, 0.15) is 16.8 Å². The molecular formula is C13H17BrN2O2. The van der Waals surface area contributed by atoms with E-state index in [1.165, 1.54) is 0 Å². The van der Waals surface area contributed by atoms with Crippen molar-refractivity contribution in [3.8, 4) is 5.75 Å². The van der Waals surface area contributed by atoms with Crippen LogP contribution in [0.4, 0.5) is 0 Å². The molecule has 1 aromatic rings. The summed E-state index contributed by atoms with van der Waals surface area (Å²) in [5.74, 6) is 0.664. The number of nitrogens with zero attached hydrogens (tertiary/aromatic N) is 1. The second-order valence-corrected chi connectivity index (χ2v) is 5.16. The van der Waals surface area contributed by atoms with Crippen LogP contribution in [0.25, 0.3) is 0 Å². The highest BCUT2D eigenvalue weighted by molar-refractivity contribution is 9.10. The van der Waals surface area contributed by atoms with E-state index in [2.05, 4.69) is 21.2 Å². The molecular weight excluding hydrogens is 296 g/mol. The summed E-state index contributed by atoms with van der Waals surface area (Å²) >= 11 is 3.39. The van der Waals surface area contributed by atoms with Crippen LogP contribution in [-0.4, -0.2) is 44.1 Å². The number of benzene rings is 1. The number of hydrogen-bond donors (Lipinski definition) is 1. The molecule has 1 aliphatic heterocycles. The summed E-state index contributed by atoms with van der Waals surface area (Å²) in [7, 11) is 1.59. The zero-order valence-corrected chi connectivity index (χ0v) is 12.0. The molecule has 5 heteroatoms. The van der Waals surface area contributed by atoms with E-state index in [4.69, 9.17) is 4.74 Å². The zero-order valence-electron chi connectivity index (χ0n) is 10.4. The Labute approximate surface area is 115 Å². The predicted molar refractivity (Wildman–Crippen MR) is 74.1 cm³/mol. The number of methoxy groups -OCH3 is 1. The molecule has 0 aromatic heterocycles. The number of carbonyl (C=O) groups is 1. The number of rotatable bonds is 2. The molecule has 0 spiro atoms. The molecule has 4 nitrogen and oxygen atoms in total. The van der Waals surface area contributed by atoms with Gasteiger partial charge in [-0.3, -0.25) is 4.79 Å². The molecule has 0 aliphatic carbocycles. The number of halogens is 1. The number of hydrogen-bond acceptors (Lipinski definition) is 3. The first kappa shape index (κ1) is 13.4. The Morgan fingerprint density at radius 3 is 3.00 bits per heavy atom. The van der Waals surface area contributed by atoms with Gasteiger partial charge in [-0.25, -0.2) is 0 Å². The summed E-state index contributed by atoms with van der Waals surface area (Å²) in [5, 5.41) is 3.29. The summed E-state index contributed by atoms with van der Waals surface area (Å²) in [5.41, 5.74) is 0.619. The van der Waals surface area contributed by atoms with Gasteiger partial charge in [0.15, 0.2) is 0 Å². The Bertz CT molecular complexity index is 429. The quantitative estimate of drug-likeness (QED) is 0.907. The summed E-state index contributed by atoms with van der Waals surface area (Å²) in [6, 6.07) is 5.51. The van der Waals surface area contributed by atoms with Gasteiger partial charge in [-0.1, -0.05) is 15.9 Å². The first-order valence-electron chi connectivity index (χ1n) is 6.06. The van der Waals surface area contributed by atoms with Crippen molar-refractivity contribution in [1.82, 2.24) is 10.2 Å². The van der Waals surface area contributed by atoms with E-state index < -0.39 is 0 Å². The van der Waals surface area contributed by atoms with E-state index in [0.717, 1.165) is 37.1 Å². The number of ether oxygens (including phenoxy) is 1. The summed E-state index contributed by atoms with van der Waals surface area (Å²) < 4.78 is 6.15. The topological polar surface area (TPSA) is 41.6 Å². The van der Waals surface area contributed by atoms with Crippen molar-refractivity contribution in [3.63, 3.8) is 0 Å². The highest BCUT2D eigenvalue weighted by Gasteiger charge is 2.20. The Morgan fingerprint density at radius 2 is 2.22 bits per heavy atom. The molecule has 1 N–H and O–H groups in total. The third-order valence-corrected chi connectivity index (χ3v) is 3.51. The molecule has 1 fully saturated rings. The van der Waals surface area contributed by atoms with Gasteiger partial charge in [-0.2, -0.15) is 0 Å². The average Bonchev–Trinajstić information content (AvgIpc) is 2.66. The highest BCUT2D eigenvalue weighted by Crippen LogP contribution is 2.24. The van der Waals surface area contributed by atoms with Gasteiger partial charge in [-0.15, -0.1) is 0 Å². The fourth-order valence-electron chi connectivity index (χ4n) is 2.07. The van der Waals surface area contributed by atoms with E-state index in [-0.39, 0.29) is 5.91 Å². The minimum Gasteiger partial charge on any atom is -0.496 e. The second-order valence-electron chi connectivity index (χ2n) is 4.24. The molecule has 0 unspecified atom stereocenters. The first-order valence-corrected chi connectivity index (χ1v) is 6.85. The molecule has 0 radical (unpaired) electrons. The van der Waals surface area contributed by atoms with Crippen LogP contribution in [0.5, 0.6) is 5.75 Å². The molecule has 0 saturated carbocycles. The van der Waals surface area contributed by atoms with Gasteiger partial charge in [0.05, 0.1) is 12.7 Å². The second kappa shape index (κ2) is 6.20. The van der Waals surface area contributed by atoms with Crippen molar-refractivity contribution in [2.45, 2.75) is 6.42 Å². The maximum absolute atomic E-state index is 12.5. The van der Waals surface area contributed by atoms with Crippen LogP contribution in [0, 0.1) is 0 Å². The van der Waals surface area contributed by atoms with Crippen LogP contribution in [0.3, 0.4) is 0 Å². The van der Waals surface area contributed by atoms with Gasteiger partial charge >= 0.3 is 0 Å². The Hall–Kier alpha value is -1.07. The van der Waals surface area contributed by atoms with E-state index in [1.54, 1.807) is 7.11 Å². The minimum atomic E-state index is 0.0388. The molecule has 1 heterocycles. The van der Waals surface area contributed by atoms with Crippen molar-refractivity contribution in [1.29, 1.82) is 0 Å². The number of amides is 1. The van der Waals surface area contributed by atoms with Crippen molar-refractivity contribution in [3.05, 3.63) is 28.2 Å². The molecule has 1 amide bonds. The lowest BCUT2D eigenvalue weighted by Gasteiger charge is -2.21. The van der Waals surface area contributed by atoms with Gasteiger partial charge < -0.3 is 15.0 Å². The Morgan fingerprint density at radius 1 is 1.39 bits per heavy atom. The molecule has 1 aliphatic rings. The largest absolute Gasteiger partial charge is 0.496 e. The lowest BCUT2D eigenvalue weighted by Crippen LogP contribution is -2.34. The van der Waals surface area contributed by atoms with Gasteiger partial charge in [0, 0.05) is 24.1 Å². The van der Waals surface area contributed by atoms with Gasteiger partial charge in [0.1, 0.15) is 5.75 Å². The smallest absolute Gasteiger partial charge is 0.257 e. The molecule has 1 saturated heterocycles. The fraction of sp³-hybridized carbons (Fsp3) is 0.462. The van der Waals surface area contributed by atoms with Crippen LogP contribution in [-0.2, 0) is 0 Å². The SMILES string of the molecule is COc1ccc(Br)cc1C(=O)N1CCCNCC1. The maximum Gasteiger partial charge on any atom is 0.257 e. The summed E-state index contributed by atoms with van der Waals surface area (Å²) in [6.07, 6.45) is 0.988. The zero-order chi connectivity index (χ0) is 13.0. The van der Waals surface area contributed by atoms with Gasteiger partial charge in [-0.05, 0) is 31.2 Å². The predicted octanol–water partition coefficient (Wildman–Crippen LogP) is 1.89. The highest BCUT2D eigenvalue weighted by atomic mass is 79.9. The Balaban J connectivity index is 2.23. The van der Waals surface area contributed by atoms with Crippen molar-refractivity contribution < 1.29 is 9.53 Å². The van der Waals surface area contributed by atoms with Crippen LogP contribution in [0.2, 0.25) is 0 Å². The number of carbonyl (C=O) groups excluding carboxylic acids is 1. The van der Waals surface area contributed by atoms with Gasteiger partial charge in [0.25, 0.3) is 5.91 Å². The maximum atomic E-state index is 12.5. The molecule has 0 atom stereocenters. The average molecular weight is 313 g/mol.